The van der Waals surface area contributed by atoms with Crippen LogP contribution in [0.25, 0.3) is 10.8 Å². The lowest BCUT2D eigenvalue weighted by Crippen LogP contribution is -2.20. The average molecular weight is 306 g/mol. The van der Waals surface area contributed by atoms with Gasteiger partial charge >= 0.3 is 0 Å². The van der Waals surface area contributed by atoms with Crippen LogP contribution in [0.2, 0.25) is 0 Å². The van der Waals surface area contributed by atoms with Gasteiger partial charge in [-0.15, -0.1) is 0 Å². The number of benzene rings is 2. The molecular formula is C19H18N2O2. The van der Waals surface area contributed by atoms with Crippen molar-refractivity contribution in [3.63, 3.8) is 0 Å². The zero-order valence-corrected chi connectivity index (χ0v) is 13.2. The van der Waals surface area contributed by atoms with Crippen molar-refractivity contribution >= 4 is 22.4 Å². The van der Waals surface area contributed by atoms with E-state index in [9.17, 15) is 4.79 Å². The van der Waals surface area contributed by atoms with Crippen LogP contribution < -0.4 is 10.1 Å². The van der Waals surface area contributed by atoms with Gasteiger partial charge in [-0.2, -0.15) is 0 Å². The van der Waals surface area contributed by atoms with E-state index in [1.807, 2.05) is 62.4 Å². The van der Waals surface area contributed by atoms with E-state index >= 15 is 0 Å². The number of pyridine rings is 1. The molecule has 4 heteroatoms. The summed E-state index contributed by atoms with van der Waals surface area (Å²) in [6, 6.07) is 15.5. The van der Waals surface area contributed by atoms with E-state index in [1.165, 1.54) is 5.56 Å². The second-order valence-electron chi connectivity index (χ2n) is 5.47. The van der Waals surface area contributed by atoms with Gasteiger partial charge in [0.05, 0.1) is 0 Å². The molecule has 4 nitrogen and oxygen atoms in total. The van der Waals surface area contributed by atoms with Crippen LogP contribution in [0.3, 0.4) is 0 Å². The lowest BCUT2D eigenvalue weighted by atomic mass is 10.1. The zero-order chi connectivity index (χ0) is 16.2. The molecule has 23 heavy (non-hydrogen) atoms. The molecule has 0 radical (unpaired) electrons. The Morgan fingerprint density at radius 2 is 1.91 bits per heavy atom. The maximum absolute atomic E-state index is 12.1. The largest absolute Gasteiger partial charge is 0.467 e. The Labute approximate surface area is 135 Å². The number of aromatic nitrogens is 1. The third-order valence-electron chi connectivity index (χ3n) is 3.77. The van der Waals surface area contributed by atoms with Crippen molar-refractivity contribution in [3.05, 3.63) is 65.9 Å². The summed E-state index contributed by atoms with van der Waals surface area (Å²) in [5.41, 5.74) is 3.10. The molecule has 0 unspecified atom stereocenters. The molecule has 3 rings (SSSR count). The normalized spacial score (nSPS) is 10.5. The maximum atomic E-state index is 12.1. The standard InChI is InChI=1S/C19H18N2O2/c1-13-7-8-16(11-14(13)2)21-18(22)12-23-19-17-6-4-3-5-15(17)9-10-20-19/h3-11H,12H2,1-2H3,(H,21,22). The summed E-state index contributed by atoms with van der Waals surface area (Å²) in [5, 5.41) is 4.77. The average Bonchev–Trinajstić information content (AvgIpc) is 2.56. The minimum atomic E-state index is -0.206. The zero-order valence-electron chi connectivity index (χ0n) is 13.2. The predicted molar refractivity (Wildman–Crippen MR) is 91.8 cm³/mol. The molecule has 0 saturated heterocycles. The van der Waals surface area contributed by atoms with Gasteiger partial charge in [0.2, 0.25) is 5.88 Å². The number of carbonyl (C=O) groups excluding carboxylic acids is 1. The highest BCUT2D eigenvalue weighted by Gasteiger charge is 2.07. The Balaban J connectivity index is 1.67. The van der Waals surface area contributed by atoms with Gasteiger partial charge in [-0.1, -0.05) is 24.3 Å². The van der Waals surface area contributed by atoms with Gasteiger partial charge in [0.25, 0.3) is 5.91 Å². The molecule has 0 aliphatic carbocycles. The third kappa shape index (κ3) is 3.48. The molecule has 116 valence electrons. The van der Waals surface area contributed by atoms with Gasteiger partial charge in [0.1, 0.15) is 0 Å². The number of hydrogen-bond acceptors (Lipinski definition) is 3. The first kappa shape index (κ1) is 15.0. The fourth-order valence-corrected chi connectivity index (χ4v) is 2.36. The van der Waals surface area contributed by atoms with E-state index in [4.69, 9.17) is 4.74 Å². The topological polar surface area (TPSA) is 51.2 Å². The number of ether oxygens (including phenoxy) is 1. The summed E-state index contributed by atoms with van der Waals surface area (Å²) < 4.78 is 5.58. The quantitative estimate of drug-likeness (QED) is 0.796. The number of aryl methyl sites for hydroxylation is 2. The lowest BCUT2D eigenvalue weighted by molar-refractivity contribution is -0.118. The highest BCUT2D eigenvalue weighted by atomic mass is 16.5. The molecule has 0 aliphatic heterocycles. The van der Waals surface area contributed by atoms with Gasteiger partial charge in [0.15, 0.2) is 6.61 Å². The summed E-state index contributed by atoms with van der Waals surface area (Å²) in [6.45, 7) is 3.98. The fourth-order valence-electron chi connectivity index (χ4n) is 2.36. The van der Waals surface area contributed by atoms with Crippen molar-refractivity contribution in [1.82, 2.24) is 4.98 Å². The molecule has 0 atom stereocenters. The first-order valence-corrected chi connectivity index (χ1v) is 7.47. The number of nitrogens with one attached hydrogen (secondary N) is 1. The van der Waals surface area contributed by atoms with Crippen LogP contribution in [0.4, 0.5) is 5.69 Å². The third-order valence-corrected chi connectivity index (χ3v) is 3.77. The molecule has 0 fully saturated rings. The van der Waals surface area contributed by atoms with Crippen molar-refractivity contribution in [3.8, 4) is 5.88 Å². The van der Waals surface area contributed by atoms with Crippen LogP contribution in [-0.2, 0) is 4.79 Å². The minimum absolute atomic E-state index is 0.0755. The van der Waals surface area contributed by atoms with Crippen molar-refractivity contribution < 1.29 is 9.53 Å². The highest BCUT2D eigenvalue weighted by Crippen LogP contribution is 2.22. The van der Waals surface area contributed by atoms with Crippen LogP contribution in [0.1, 0.15) is 11.1 Å². The monoisotopic (exact) mass is 306 g/mol. The molecule has 2 aromatic carbocycles. The summed E-state index contributed by atoms with van der Waals surface area (Å²) >= 11 is 0. The van der Waals surface area contributed by atoms with Crippen molar-refractivity contribution in [2.24, 2.45) is 0 Å². The first-order chi connectivity index (χ1) is 11.1. The Morgan fingerprint density at radius 1 is 1.09 bits per heavy atom. The minimum Gasteiger partial charge on any atom is -0.467 e. The van der Waals surface area contributed by atoms with E-state index in [1.54, 1.807) is 6.20 Å². The Morgan fingerprint density at radius 3 is 2.74 bits per heavy atom. The van der Waals surface area contributed by atoms with Gasteiger partial charge < -0.3 is 10.1 Å². The number of fused-ring (bicyclic) bond motifs is 1. The van der Waals surface area contributed by atoms with Crippen molar-refractivity contribution in [2.45, 2.75) is 13.8 Å². The molecular weight excluding hydrogens is 288 g/mol. The van der Waals surface area contributed by atoms with Gasteiger partial charge in [-0.3, -0.25) is 4.79 Å². The number of amides is 1. The second-order valence-corrected chi connectivity index (χ2v) is 5.47. The maximum Gasteiger partial charge on any atom is 0.262 e. The SMILES string of the molecule is Cc1ccc(NC(=O)COc2nccc3ccccc23)cc1C. The molecule has 1 aromatic heterocycles. The molecule has 0 saturated carbocycles. The molecule has 0 spiro atoms. The summed E-state index contributed by atoms with van der Waals surface area (Å²) in [7, 11) is 0. The molecule has 1 heterocycles. The Hall–Kier alpha value is -2.88. The van der Waals surface area contributed by atoms with Crippen LogP contribution in [0.15, 0.2) is 54.7 Å². The van der Waals surface area contributed by atoms with E-state index in [2.05, 4.69) is 10.3 Å². The van der Waals surface area contributed by atoms with Gasteiger partial charge in [-0.05, 0) is 54.6 Å². The van der Waals surface area contributed by atoms with Crippen LogP contribution >= 0.6 is 0 Å². The number of rotatable bonds is 4. The van der Waals surface area contributed by atoms with Crippen LogP contribution in [0, 0.1) is 13.8 Å². The smallest absolute Gasteiger partial charge is 0.262 e. The van der Waals surface area contributed by atoms with Gasteiger partial charge in [-0.25, -0.2) is 4.98 Å². The van der Waals surface area contributed by atoms with E-state index in [-0.39, 0.29) is 12.5 Å². The molecule has 0 aliphatic rings. The summed E-state index contributed by atoms with van der Waals surface area (Å²) in [6.07, 6.45) is 1.68. The van der Waals surface area contributed by atoms with E-state index in [0.29, 0.717) is 5.88 Å². The number of nitrogens with zero attached hydrogens (tertiary/aromatic N) is 1. The van der Waals surface area contributed by atoms with E-state index < -0.39 is 0 Å². The second kappa shape index (κ2) is 6.48. The van der Waals surface area contributed by atoms with Crippen molar-refractivity contribution in [1.29, 1.82) is 0 Å². The Kier molecular flexibility index (Phi) is 4.24. The molecule has 1 N–H and O–H groups in total. The fraction of sp³-hybridized carbons (Fsp3) is 0.158. The van der Waals surface area contributed by atoms with Crippen molar-refractivity contribution in [2.75, 3.05) is 11.9 Å². The number of hydrogen-bond donors (Lipinski definition) is 1. The predicted octanol–water partition coefficient (Wildman–Crippen LogP) is 3.87. The van der Waals surface area contributed by atoms with Crippen LogP contribution in [0.5, 0.6) is 5.88 Å². The number of carbonyl (C=O) groups is 1. The highest BCUT2D eigenvalue weighted by molar-refractivity contribution is 5.92. The molecule has 0 bridgehead atoms. The molecule has 3 aromatic rings. The lowest BCUT2D eigenvalue weighted by Gasteiger charge is -2.10. The van der Waals surface area contributed by atoms with E-state index in [0.717, 1.165) is 22.0 Å². The van der Waals surface area contributed by atoms with Gasteiger partial charge in [0, 0.05) is 17.3 Å². The van der Waals surface area contributed by atoms with Crippen LogP contribution in [-0.4, -0.2) is 17.5 Å². The first-order valence-electron chi connectivity index (χ1n) is 7.47. The summed E-state index contributed by atoms with van der Waals surface area (Å²) in [5.74, 6) is 0.265. The summed E-state index contributed by atoms with van der Waals surface area (Å²) in [4.78, 5) is 16.3. The molecule has 1 amide bonds. The number of anilines is 1. The Bertz CT molecular complexity index is 854.